The van der Waals surface area contributed by atoms with E-state index in [1.165, 1.54) is 18.2 Å². The molecule has 0 radical (unpaired) electrons. The molecule has 0 aliphatic rings. The first-order valence-electron chi connectivity index (χ1n) is 6.80. The van der Waals surface area contributed by atoms with Gasteiger partial charge >= 0.3 is 0 Å². The molecule has 0 fully saturated rings. The van der Waals surface area contributed by atoms with Crippen LogP contribution in [0.2, 0.25) is 0 Å². The predicted molar refractivity (Wildman–Crippen MR) is 90.9 cm³/mol. The summed E-state index contributed by atoms with van der Waals surface area (Å²) in [4.78, 5) is 24.0. The van der Waals surface area contributed by atoms with Crippen molar-refractivity contribution in [1.29, 1.82) is 0 Å². The summed E-state index contributed by atoms with van der Waals surface area (Å²) in [6.07, 6.45) is 1.39. The van der Waals surface area contributed by atoms with Crippen LogP contribution in [0.25, 0.3) is 0 Å². The first-order chi connectivity index (χ1) is 11.0. The second-order valence-electron chi connectivity index (χ2n) is 4.80. The van der Waals surface area contributed by atoms with Crippen molar-refractivity contribution in [2.24, 2.45) is 0 Å². The Bertz CT molecular complexity index is 758. The number of allylic oxidation sites excluding steroid dienone is 2. The van der Waals surface area contributed by atoms with Crippen LogP contribution >= 0.6 is 15.9 Å². The molecule has 118 valence electrons. The molecule has 0 aliphatic heterocycles. The van der Waals surface area contributed by atoms with Crippen LogP contribution in [0.15, 0.2) is 64.8 Å². The van der Waals surface area contributed by atoms with Gasteiger partial charge in [0.2, 0.25) is 0 Å². The maximum Gasteiger partial charge on any atom is 0.273 e. The van der Waals surface area contributed by atoms with E-state index in [1.807, 2.05) is 6.07 Å². The minimum Gasteiger partial charge on any atom is -0.507 e. The number of halogens is 1. The zero-order valence-corrected chi connectivity index (χ0v) is 13.9. The molecular formula is C17H15BrN2O3. The molecule has 1 amide bonds. The van der Waals surface area contributed by atoms with Crippen LogP contribution in [0.3, 0.4) is 0 Å². The van der Waals surface area contributed by atoms with Gasteiger partial charge in [-0.05, 0) is 25.1 Å². The van der Waals surface area contributed by atoms with Crippen LogP contribution in [0.4, 0.5) is 0 Å². The quantitative estimate of drug-likeness (QED) is 0.426. The van der Waals surface area contributed by atoms with Gasteiger partial charge in [0, 0.05) is 21.8 Å². The Kier molecular flexibility index (Phi) is 5.54. The number of phenolic OH excluding ortho intramolecular Hbond substituents is 1. The molecule has 0 aliphatic carbocycles. The normalized spacial score (nSPS) is 11.0. The monoisotopic (exact) mass is 374 g/mol. The van der Waals surface area contributed by atoms with Crippen LogP contribution in [0, 0.1) is 0 Å². The van der Waals surface area contributed by atoms with Crippen LogP contribution in [-0.2, 0) is 0 Å². The fraction of sp³-hybridized carbons (Fsp3) is 0.0588. The zero-order valence-electron chi connectivity index (χ0n) is 12.3. The number of benzene rings is 2. The van der Waals surface area contributed by atoms with E-state index < -0.39 is 5.91 Å². The highest BCUT2D eigenvalue weighted by Crippen LogP contribution is 2.21. The van der Waals surface area contributed by atoms with Gasteiger partial charge in [-0.1, -0.05) is 46.3 Å². The average molecular weight is 375 g/mol. The minimum atomic E-state index is -0.510. The maximum atomic E-state index is 12.0. The molecule has 0 bridgehead atoms. The molecule has 2 rings (SSSR count). The molecule has 23 heavy (non-hydrogen) atoms. The van der Waals surface area contributed by atoms with Gasteiger partial charge in [0.1, 0.15) is 5.75 Å². The Labute approximate surface area is 142 Å². The fourth-order valence-corrected chi connectivity index (χ4v) is 2.19. The highest BCUT2D eigenvalue weighted by atomic mass is 79.9. The number of ketones is 1. The smallest absolute Gasteiger partial charge is 0.273 e. The molecule has 0 atom stereocenters. The third kappa shape index (κ3) is 4.69. The number of hydrogen-bond donors (Lipinski definition) is 3. The lowest BCUT2D eigenvalue weighted by Gasteiger charge is -2.10. The first-order valence-corrected chi connectivity index (χ1v) is 7.59. The number of carbonyl (C=O) groups excluding carboxylic acids is 2. The van der Waals surface area contributed by atoms with Gasteiger partial charge in [0.15, 0.2) is 5.78 Å². The molecule has 0 aromatic heterocycles. The van der Waals surface area contributed by atoms with Crippen LogP contribution in [-0.4, -0.2) is 16.8 Å². The number of carbonyl (C=O) groups is 2. The maximum absolute atomic E-state index is 12.0. The summed E-state index contributed by atoms with van der Waals surface area (Å²) in [7, 11) is 0. The molecular weight excluding hydrogens is 360 g/mol. The van der Waals surface area contributed by atoms with E-state index in [4.69, 9.17) is 0 Å². The summed E-state index contributed by atoms with van der Waals surface area (Å²) in [6, 6.07) is 13.4. The van der Waals surface area contributed by atoms with Crippen LogP contribution < -0.4 is 10.9 Å². The molecule has 0 unspecified atom stereocenters. The fourth-order valence-electron chi connectivity index (χ4n) is 1.83. The Hall–Kier alpha value is -2.60. The molecule has 0 spiro atoms. The van der Waals surface area contributed by atoms with E-state index in [2.05, 4.69) is 26.8 Å². The Morgan fingerprint density at radius 2 is 1.78 bits per heavy atom. The van der Waals surface area contributed by atoms with Crippen molar-refractivity contribution in [3.05, 3.63) is 75.9 Å². The number of aromatic hydroxyl groups is 1. The topological polar surface area (TPSA) is 78.4 Å². The lowest BCUT2D eigenvalue weighted by atomic mass is 10.1. The molecule has 0 saturated heterocycles. The Balaban J connectivity index is 2.00. The number of rotatable bonds is 5. The first kappa shape index (κ1) is 16.8. The summed E-state index contributed by atoms with van der Waals surface area (Å²) < 4.78 is 0.673. The highest BCUT2D eigenvalue weighted by Gasteiger charge is 2.11. The van der Waals surface area contributed by atoms with Gasteiger partial charge in [-0.2, -0.15) is 0 Å². The van der Waals surface area contributed by atoms with Crippen molar-refractivity contribution in [2.75, 3.05) is 0 Å². The van der Waals surface area contributed by atoms with Crippen LogP contribution in [0.1, 0.15) is 27.6 Å². The Morgan fingerprint density at radius 1 is 1.09 bits per heavy atom. The predicted octanol–water partition coefficient (Wildman–Crippen LogP) is 3.18. The van der Waals surface area contributed by atoms with E-state index in [1.54, 1.807) is 37.3 Å². The number of phenols is 1. The van der Waals surface area contributed by atoms with Gasteiger partial charge < -0.3 is 10.5 Å². The third-order valence-corrected chi connectivity index (χ3v) is 3.48. The molecule has 0 heterocycles. The van der Waals surface area contributed by atoms with Gasteiger partial charge in [-0.25, -0.2) is 0 Å². The van der Waals surface area contributed by atoms with Gasteiger partial charge in [0.25, 0.3) is 5.91 Å². The summed E-state index contributed by atoms with van der Waals surface area (Å²) in [5.41, 5.74) is 6.23. The highest BCUT2D eigenvalue weighted by molar-refractivity contribution is 9.10. The summed E-state index contributed by atoms with van der Waals surface area (Å²) in [5, 5.41) is 9.69. The molecule has 2 aromatic rings. The van der Waals surface area contributed by atoms with Gasteiger partial charge in [-0.3, -0.25) is 15.0 Å². The summed E-state index contributed by atoms with van der Waals surface area (Å²) in [6.45, 7) is 1.65. The van der Waals surface area contributed by atoms with Crippen LogP contribution in [0.5, 0.6) is 5.75 Å². The number of nitrogens with one attached hydrogen (secondary N) is 2. The van der Waals surface area contributed by atoms with Crippen molar-refractivity contribution in [1.82, 2.24) is 10.9 Å². The second kappa shape index (κ2) is 7.60. The summed E-state index contributed by atoms with van der Waals surface area (Å²) >= 11 is 3.24. The van der Waals surface area contributed by atoms with E-state index in [0.717, 1.165) is 0 Å². The zero-order chi connectivity index (χ0) is 16.8. The molecule has 0 saturated carbocycles. The van der Waals surface area contributed by atoms with E-state index in [-0.39, 0.29) is 17.1 Å². The summed E-state index contributed by atoms with van der Waals surface area (Å²) in [5.74, 6) is -0.812. The Morgan fingerprint density at radius 3 is 2.48 bits per heavy atom. The lowest BCUT2D eigenvalue weighted by Crippen LogP contribution is -2.36. The van der Waals surface area contributed by atoms with E-state index >= 15 is 0 Å². The average Bonchev–Trinajstić information content (AvgIpc) is 2.55. The van der Waals surface area contributed by atoms with Crippen molar-refractivity contribution < 1.29 is 14.7 Å². The van der Waals surface area contributed by atoms with Crippen molar-refractivity contribution >= 4 is 27.6 Å². The number of hydrogen-bond acceptors (Lipinski definition) is 4. The standard InChI is InChI=1S/C17H15BrN2O3/c1-11(9-16(22)12-5-3-2-4-6-12)19-20-17(23)14-10-13(18)7-8-15(14)21/h2-10,19,21H,1H3,(H,20,23). The second-order valence-corrected chi connectivity index (χ2v) is 5.71. The molecule has 3 N–H and O–H groups in total. The van der Waals surface area contributed by atoms with Crippen molar-refractivity contribution in [3.63, 3.8) is 0 Å². The SMILES string of the molecule is CC(=CC(=O)c1ccccc1)NNC(=O)c1cc(Br)ccc1O. The largest absolute Gasteiger partial charge is 0.507 e. The van der Waals surface area contributed by atoms with E-state index in [0.29, 0.717) is 15.7 Å². The number of amides is 1. The van der Waals surface area contributed by atoms with Crippen molar-refractivity contribution in [3.8, 4) is 5.75 Å². The van der Waals surface area contributed by atoms with Gasteiger partial charge in [-0.15, -0.1) is 0 Å². The molecule has 6 heteroatoms. The molecule has 5 nitrogen and oxygen atoms in total. The molecule has 2 aromatic carbocycles. The number of hydrazine groups is 1. The van der Waals surface area contributed by atoms with Crippen molar-refractivity contribution in [2.45, 2.75) is 6.92 Å². The van der Waals surface area contributed by atoms with E-state index in [9.17, 15) is 14.7 Å². The minimum absolute atomic E-state index is 0.120. The lowest BCUT2D eigenvalue weighted by molar-refractivity contribution is 0.0933. The third-order valence-electron chi connectivity index (χ3n) is 2.98. The van der Waals surface area contributed by atoms with Gasteiger partial charge in [0.05, 0.1) is 5.56 Å².